The molecule has 0 saturated heterocycles. The Morgan fingerprint density at radius 3 is 1.95 bits per heavy atom. The smallest absolute Gasteiger partial charge is 0.350 e. The molecule has 4 aromatic rings. The number of rotatable bonds is 7. The van der Waals surface area contributed by atoms with Crippen LogP contribution in [0.4, 0.5) is 32.3 Å². The summed E-state index contributed by atoms with van der Waals surface area (Å²) in [6.07, 6.45) is -8.54. The highest BCUT2D eigenvalue weighted by Crippen LogP contribution is 2.36. The number of halogens is 6. The van der Waals surface area contributed by atoms with Crippen LogP contribution < -0.4 is 5.32 Å². The average molecular weight is 544 g/mol. The van der Waals surface area contributed by atoms with Gasteiger partial charge >= 0.3 is 12.4 Å². The monoisotopic (exact) mass is 544 g/mol. The van der Waals surface area contributed by atoms with Crippen molar-refractivity contribution in [1.82, 2.24) is 14.9 Å². The van der Waals surface area contributed by atoms with E-state index in [1.807, 2.05) is 30.3 Å². The predicted octanol–water partition coefficient (Wildman–Crippen LogP) is 7.07. The van der Waals surface area contributed by atoms with E-state index in [4.69, 9.17) is 0 Å². The molecule has 202 valence electrons. The Labute approximate surface area is 220 Å². The van der Waals surface area contributed by atoms with Crippen molar-refractivity contribution in [3.05, 3.63) is 113 Å². The standard InChI is InChI=1S/C28H22F6N4O/c1-38(17-19-12-21(27(29,30)31)14-22(13-19)28(32,33)34)25(39)24-23(20-10-6-3-7-11-20)16-36-26(37-24)35-15-18-8-4-2-5-9-18/h2-14,16H,15,17H2,1H3,(H,35,36,37). The highest BCUT2D eigenvalue weighted by atomic mass is 19.4. The summed E-state index contributed by atoms with van der Waals surface area (Å²) in [5.74, 6) is -0.571. The Morgan fingerprint density at radius 1 is 0.821 bits per heavy atom. The maximum atomic E-state index is 13.5. The summed E-state index contributed by atoms with van der Waals surface area (Å²) in [5, 5.41) is 3.03. The topological polar surface area (TPSA) is 58.1 Å². The summed E-state index contributed by atoms with van der Waals surface area (Å²) in [7, 11) is 1.28. The number of alkyl halides is 6. The Bertz CT molecular complexity index is 1410. The first kappa shape index (κ1) is 27.6. The van der Waals surface area contributed by atoms with E-state index in [-0.39, 0.29) is 23.3 Å². The maximum Gasteiger partial charge on any atom is 0.416 e. The molecule has 1 amide bonds. The Morgan fingerprint density at radius 2 is 1.38 bits per heavy atom. The van der Waals surface area contributed by atoms with Crippen LogP contribution in [0.5, 0.6) is 0 Å². The molecule has 0 atom stereocenters. The molecule has 0 aliphatic heterocycles. The van der Waals surface area contributed by atoms with Gasteiger partial charge in [-0.05, 0) is 34.9 Å². The second-order valence-electron chi connectivity index (χ2n) is 8.74. The third-order valence-corrected chi connectivity index (χ3v) is 5.78. The van der Waals surface area contributed by atoms with Gasteiger partial charge in [0.05, 0.1) is 11.1 Å². The number of hydrogen-bond acceptors (Lipinski definition) is 4. The molecule has 0 unspecified atom stereocenters. The van der Waals surface area contributed by atoms with E-state index in [0.29, 0.717) is 29.8 Å². The molecule has 1 N–H and O–H groups in total. The quantitative estimate of drug-likeness (QED) is 0.253. The minimum absolute atomic E-state index is 0.0495. The fourth-order valence-corrected chi connectivity index (χ4v) is 3.87. The van der Waals surface area contributed by atoms with Gasteiger partial charge in [0.15, 0.2) is 0 Å². The molecule has 0 aliphatic carbocycles. The fourth-order valence-electron chi connectivity index (χ4n) is 3.87. The van der Waals surface area contributed by atoms with E-state index >= 15 is 0 Å². The van der Waals surface area contributed by atoms with Gasteiger partial charge in [-0.25, -0.2) is 9.97 Å². The number of carbonyl (C=O) groups is 1. The third kappa shape index (κ3) is 6.92. The third-order valence-electron chi connectivity index (χ3n) is 5.78. The first-order valence-electron chi connectivity index (χ1n) is 11.7. The van der Waals surface area contributed by atoms with Crippen molar-refractivity contribution < 1.29 is 31.1 Å². The van der Waals surface area contributed by atoms with E-state index < -0.39 is 35.9 Å². The first-order valence-corrected chi connectivity index (χ1v) is 11.7. The number of hydrogen-bond donors (Lipinski definition) is 1. The predicted molar refractivity (Wildman–Crippen MR) is 133 cm³/mol. The zero-order valence-electron chi connectivity index (χ0n) is 20.5. The van der Waals surface area contributed by atoms with Gasteiger partial charge in [-0.2, -0.15) is 26.3 Å². The molecule has 4 rings (SSSR count). The summed E-state index contributed by atoms with van der Waals surface area (Å²) in [6.45, 7) is -0.156. The number of anilines is 1. The van der Waals surface area contributed by atoms with Crippen LogP contribution in [-0.2, 0) is 25.4 Å². The van der Waals surface area contributed by atoms with E-state index in [1.54, 1.807) is 30.3 Å². The Hall–Kier alpha value is -4.41. The molecule has 0 bridgehead atoms. The van der Waals surface area contributed by atoms with Gasteiger partial charge in [-0.3, -0.25) is 4.79 Å². The van der Waals surface area contributed by atoms with Crippen LogP contribution in [0.3, 0.4) is 0 Å². The van der Waals surface area contributed by atoms with Gasteiger partial charge in [0.1, 0.15) is 5.69 Å². The first-order chi connectivity index (χ1) is 18.4. The van der Waals surface area contributed by atoms with Crippen molar-refractivity contribution in [3.63, 3.8) is 0 Å². The fraction of sp³-hybridized carbons (Fsp3) is 0.179. The molecule has 39 heavy (non-hydrogen) atoms. The van der Waals surface area contributed by atoms with E-state index in [1.165, 1.54) is 13.2 Å². The normalized spacial score (nSPS) is 11.8. The van der Waals surface area contributed by atoms with E-state index in [9.17, 15) is 31.1 Å². The molecular weight excluding hydrogens is 522 g/mol. The number of nitrogens with zero attached hydrogens (tertiary/aromatic N) is 3. The molecule has 0 spiro atoms. The lowest BCUT2D eigenvalue weighted by molar-refractivity contribution is -0.143. The van der Waals surface area contributed by atoms with Crippen LogP contribution in [-0.4, -0.2) is 27.8 Å². The van der Waals surface area contributed by atoms with Crippen molar-refractivity contribution in [1.29, 1.82) is 0 Å². The minimum Gasteiger partial charge on any atom is -0.350 e. The van der Waals surface area contributed by atoms with Crippen molar-refractivity contribution in [2.24, 2.45) is 0 Å². The van der Waals surface area contributed by atoms with Gasteiger partial charge in [0.25, 0.3) is 5.91 Å². The van der Waals surface area contributed by atoms with Crippen LogP contribution in [0.15, 0.2) is 85.1 Å². The molecule has 0 radical (unpaired) electrons. The zero-order valence-corrected chi connectivity index (χ0v) is 20.5. The molecule has 1 aromatic heterocycles. The van der Waals surface area contributed by atoms with E-state index in [2.05, 4.69) is 15.3 Å². The number of amides is 1. The SMILES string of the molecule is CN(Cc1cc(C(F)(F)F)cc(C(F)(F)F)c1)C(=O)c1nc(NCc2ccccc2)ncc1-c1ccccc1. The van der Waals surface area contributed by atoms with Crippen molar-refractivity contribution >= 4 is 11.9 Å². The Balaban J connectivity index is 1.66. The second-order valence-corrected chi connectivity index (χ2v) is 8.74. The molecule has 0 fully saturated rings. The summed E-state index contributed by atoms with van der Waals surface area (Å²) >= 11 is 0. The van der Waals surface area contributed by atoms with Gasteiger partial charge in [-0.15, -0.1) is 0 Å². The number of carbonyl (C=O) groups excluding carboxylic acids is 1. The number of aromatic nitrogens is 2. The summed E-state index contributed by atoms with van der Waals surface area (Å²) in [5.41, 5.74) is -1.38. The van der Waals surface area contributed by atoms with Crippen molar-refractivity contribution in [2.45, 2.75) is 25.4 Å². The van der Waals surface area contributed by atoms with Crippen LogP contribution in [0, 0.1) is 0 Å². The van der Waals surface area contributed by atoms with Gasteiger partial charge in [0.2, 0.25) is 5.95 Å². The largest absolute Gasteiger partial charge is 0.416 e. The molecule has 5 nitrogen and oxygen atoms in total. The van der Waals surface area contributed by atoms with Crippen molar-refractivity contribution in [2.75, 3.05) is 12.4 Å². The Kier molecular flexibility index (Phi) is 7.89. The molecule has 11 heteroatoms. The second kappa shape index (κ2) is 11.1. The van der Waals surface area contributed by atoms with Crippen molar-refractivity contribution in [3.8, 4) is 11.1 Å². The maximum absolute atomic E-state index is 13.5. The summed E-state index contributed by atoms with van der Waals surface area (Å²) in [4.78, 5) is 23.2. The lowest BCUT2D eigenvalue weighted by atomic mass is 10.0. The lowest BCUT2D eigenvalue weighted by Crippen LogP contribution is -2.28. The van der Waals surface area contributed by atoms with Gasteiger partial charge in [0, 0.05) is 31.9 Å². The minimum atomic E-state index is -4.99. The highest BCUT2D eigenvalue weighted by Gasteiger charge is 2.37. The van der Waals surface area contributed by atoms with Crippen LogP contribution in [0.25, 0.3) is 11.1 Å². The zero-order chi connectivity index (χ0) is 28.2. The highest BCUT2D eigenvalue weighted by molar-refractivity contribution is 5.99. The average Bonchev–Trinajstić information content (AvgIpc) is 2.91. The van der Waals surface area contributed by atoms with Gasteiger partial charge < -0.3 is 10.2 Å². The molecule has 0 saturated carbocycles. The van der Waals surface area contributed by atoms with Crippen LogP contribution in [0.1, 0.15) is 32.7 Å². The summed E-state index contributed by atoms with van der Waals surface area (Å²) < 4.78 is 79.8. The van der Waals surface area contributed by atoms with Crippen LogP contribution in [0.2, 0.25) is 0 Å². The number of benzene rings is 3. The lowest BCUT2D eigenvalue weighted by Gasteiger charge is -2.21. The summed E-state index contributed by atoms with van der Waals surface area (Å²) in [6, 6.07) is 19.3. The molecular formula is C28H22F6N4O. The van der Waals surface area contributed by atoms with Gasteiger partial charge in [-0.1, -0.05) is 60.7 Å². The molecule has 0 aliphatic rings. The van der Waals surface area contributed by atoms with E-state index in [0.717, 1.165) is 10.5 Å². The number of nitrogens with one attached hydrogen (secondary N) is 1. The van der Waals surface area contributed by atoms with Crippen LogP contribution >= 0.6 is 0 Å². The molecule has 3 aromatic carbocycles. The molecule has 1 heterocycles.